The number of aromatic nitrogens is 3. The van der Waals surface area contributed by atoms with Gasteiger partial charge in [-0.3, -0.25) is 9.78 Å². The van der Waals surface area contributed by atoms with Crippen molar-refractivity contribution in [3.05, 3.63) is 27.0 Å². The van der Waals surface area contributed by atoms with Gasteiger partial charge in [0, 0.05) is 0 Å². The van der Waals surface area contributed by atoms with Crippen LogP contribution in [0.1, 0.15) is 15.9 Å². The molecule has 20 heavy (non-hydrogen) atoms. The molecule has 0 aromatic carbocycles. The molecule has 1 aromatic heterocycles. The lowest BCUT2D eigenvalue weighted by molar-refractivity contribution is -0.0611. The number of H-pyrrole nitrogens is 1. The molecule has 2 heterocycles. The highest BCUT2D eigenvalue weighted by Gasteiger charge is 2.58. The van der Waals surface area contributed by atoms with Crippen molar-refractivity contribution in [3.63, 3.8) is 0 Å². The molecule has 1 aliphatic rings. The Balaban J connectivity index is 2.59. The molecule has 0 saturated carbocycles. The number of ether oxygens (including phenoxy) is 1. The van der Waals surface area contributed by atoms with Gasteiger partial charge in [-0.05, 0) is 6.92 Å². The third-order valence-corrected chi connectivity index (χ3v) is 2.76. The molecule has 1 aliphatic heterocycles. The van der Waals surface area contributed by atoms with E-state index in [0.29, 0.717) is 10.9 Å². The Bertz CT molecular complexity index is 749. The predicted molar refractivity (Wildman–Crippen MR) is 63.4 cm³/mol. The minimum atomic E-state index is -3.09. The molecule has 1 fully saturated rings. The van der Waals surface area contributed by atoms with Crippen LogP contribution in [-0.2, 0) is 4.74 Å². The van der Waals surface area contributed by atoms with E-state index in [1.165, 1.54) is 6.92 Å². The maximum atomic E-state index is 15.0. The van der Waals surface area contributed by atoms with E-state index >= 15 is 0 Å². The quantitative estimate of drug-likeness (QED) is 0.537. The largest absolute Gasteiger partial charge is 0.394 e. The number of aliphatic hydroxyl groups excluding tert-OH is 1. The molecule has 1 aromatic rings. The van der Waals surface area contributed by atoms with E-state index in [0.717, 1.165) is 0 Å². The van der Waals surface area contributed by atoms with Crippen molar-refractivity contribution in [1.82, 2.24) is 14.8 Å². The summed E-state index contributed by atoms with van der Waals surface area (Å²) >= 11 is 0. The Labute approximate surface area is 114 Å². The lowest BCUT2D eigenvalue weighted by Crippen LogP contribution is -2.46. The molecule has 0 spiro atoms. The normalized spacial score (nSPS) is 34.9. The van der Waals surface area contributed by atoms with E-state index in [9.17, 15) is 24.2 Å². The Morgan fingerprint density at radius 1 is 1.75 bits per heavy atom. The van der Waals surface area contributed by atoms with Crippen LogP contribution in [0.4, 0.5) is 4.39 Å². The number of hydrogen-bond donors (Lipinski definition) is 3. The summed E-state index contributed by atoms with van der Waals surface area (Å²) in [6, 6.07) is 0. The molecular weight excluding hydrogens is 273 g/mol. The fourth-order valence-electron chi connectivity index (χ4n) is 1.87. The fraction of sp³-hybridized carbons (Fsp3) is 0.545. The molecule has 2 rings (SSSR count). The van der Waals surface area contributed by atoms with Gasteiger partial charge in [0.05, 0.1) is 9.30 Å². The van der Waals surface area contributed by atoms with Gasteiger partial charge in [-0.1, -0.05) is 5.92 Å². The number of aromatic amines is 1. The SMILES string of the molecule is [2H]C([2H])(O)[C@H]1O[C@@H](n2ncc(=O)[nH]c2=O)C(F)(C#CC)[C@H]1O. The van der Waals surface area contributed by atoms with E-state index in [2.05, 4.69) is 11.0 Å². The van der Waals surface area contributed by atoms with Crippen molar-refractivity contribution in [3.8, 4) is 11.8 Å². The third-order valence-electron chi connectivity index (χ3n) is 2.76. The number of hydrogen-bond acceptors (Lipinski definition) is 6. The number of rotatable bonds is 2. The molecule has 0 amide bonds. The Kier molecular flexibility index (Phi) is 3.04. The molecule has 0 aliphatic carbocycles. The molecule has 1 unspecified atom stereocenters. The molecule has 9 heteroatoms. The van der Waals surface area contributed by atoms with Crippen LogP contribution in [0.2, 0.25) is 0 Å². The predicted octanol–water partition coefficient (Wildman–Crippen LogP) is -2.09. The second-order valence-corrected chi connectivity index (χ2v) is 4.01. The van der Waals surface area contributed by atoms with Gasteiger partial charge >= 0.3 is 5.69 Å². The van der Waals surface area contributed by atoms with Crippen LogP contribution in [0.5, 0.6) is 0 Å². The van der Waals surface area contributed by atoms with E-state index in [1.807, 2.05) is 10.9 Å². The number of halogens is 1. The van der Waals surface area contributed by atoms with E-state index in [-0.39, 0.29) is 0 Å². The van der Waals surface area contributed by atoms with Crippen LogP contribution in [-0.4, -0.2) is 49.4 Å². The van der Waals surface area contributed by atoms with E-state index in [4.69, 9.17) is 7.48 Å². The highest BCUT2D eigenvalue weighted by molar-refractivity contribution is 5.22. The standard InChI is InChI=1S/C11H12FN3O5/c1-2-3-11(12)8(18)6(5-16)20-9(11)15-10(19)14-7(17)4-13-15/h4,6,8-9,16,18H,5H2,1H3,(H,14,17,19)/t6-,8+,9-,11?/m1/s1/i5D2. The third kappa shape index (κ3) is 2.14. The van der Waals surface area contributed by atoms with Crippen LogP contribution >= 0.6 is 0 Å². The lowest BCUT2D eigenvalue weighted by atomic mass is 9.97. The zero-order valence-corrected chi connectivity index (χ0v) is 10.2. The van der Waals surface area contributed by atoms with Gasteiger partial charge in [-0.25, -0.2) is 9.18 Å². The molecule has 1 saturated heterocycles. The number of nitrogens with one attached hydrogen (secondary N) is 1. The first-order valence-corrected chi connectivity index (χ1v) is 5.48. The van der Waals surface area contributed by atoms with Crippen molar-refractivity contribution in [1.29, 1.82) is 0 Å². The Morgan fingerprint density at radius 3 is 3.00 bits per heavy atom. The van der Waals surface area contributed by atoms with Crippen LogP contribution in [0.25, 0.3) is 0 Å². The smallest absolute Gasteiger partial charge is 0.347 e. The topological polar surface area (TPSA) is 117 Å². The minimum absolute atomic E-state index is 0.376. The van der Waals surface area contributed by atoms with Crippen molar-refractivity contribution < 1.29 is 22.1 Å². The second-order valence-electron chi connectivity index (χ2n) is 4.01. The summed E-state index contributed by atoms with van der Waals surface area (Å²) in [5.74, 6) is 4.20. The zero-order valence-electron chi connectivity index (χ0n) is 12.2. The highest BCUT2D eigenvalue weighted by atomic mass is 19.1. The molecule has 3 N–H and O–H groups in total. The highest BCUT2D eigenvalue weighted by Crippen LogP contribution is 2.40. The first kappa shape index (κ1) is 11.8. The molecule has 4 atom stereocenters. The first-order chi connectivity index (χ1) is 10.1. The van der Waals surface area contributed by atoms with Gasteiger partial charge in [0.1, 0.15) is 18.4 Å². The van der Waals surface area contributed by atoms with Gasteiger partial charge < -0.3 is 14.9 Å². The number of aliphatic hydroxyl groups is 2. The van der Waals surface area contributed by atoms with Crippen LogP contribution in [0.15, 0.2) is 15.8 Å². The van der Waals surface area contributed by atoms with Gasteiger partial charge in [-0.2, -0.15) is 9.78 Å². The monoisotopic (exact) mass is 287 g/mol. The summed E-state index contributed by atoms with van der Waals surface area (Å²) in [4.78, 5) is 24.5. The summed E-state index contributed by atoms with van der Waals surface area (Å²) in [5, 5.41) is 22.7. The summed E-state index contributed by atoms with van der Waals surface area (Å²) in [6.45, 7) is -1.83. The lowest BCUT2D eigenvalue weighted by Gasteiger charge is -2.22. The Hall–Kier alpha value is -2.02. The number of alkyl halides is 1. The molecule has 0 radical (unpaired) electrons. The maximum absolute atomic E-state index is 15.0. The molecule has 8 nitrogen and oxygen atoms in total. The van der Waals surface area contributed by atoms with Crippen LogP contribution in [0, 0.1) is 11.8 Å². The van der Waals surface area contributed by atoms with Crippen molar-refractivity contribution in [2.24, 2.45) is 0 Å². The molecule has 108 valence electrons. The fourth-order valence-corrected chi connectivity index (χ4v) is 1.87. The van der Waals surface area contributed by atoms with Gasteiger partial charge in [-0.15, -0.1) is 5.92 Å². The maximum Gasteiger partial charge on any atom is 0.347 e. The minimum Gasteiger partial charge on any atom is -0.394 e. The van der Waals surface area contributed by atoms with Crippen LogP contribution < -0.4 is 11.2 Å². The molecule has 0 bridgehead atoms. The second kappa shape index (κ2) is 5.16. The average Bonchev–Trinajstić information content (AvgIpc) is 2.63. The van der Waals surface area contributed by atoms with Crippen molar-refractivity contribution in [2.75, 3.05) is 6.56 Å². The van der Waals surface area contributed by atoms with Gasteiger partial charge in [0.15, 0.2) is 0 Å². The summed E-state index contributed by atoms with van der Waals surface area (Å²) in [6.07, 6.45) is -5.47. The first-order valence-electron chi connectivity index (χ1n) is 6.48. The van der Waals surface area contributed by atoms with Gasteiger partial charge in [0.25, 0.3) is 5.56 Å². The van der Waals surface area contributed by atoms with E-state index < -0.39 is 41.9 Å². The van der Waals surface area contributed by atoms with E-state index in [1.54, 1.807) is 0 Å². The number of nitrogens with zero attached hydrogens (tertiary/aromatic N) is 2. The molecular formula is C11H12FN3O5. The van der Waals surface area contributed by atoms with Crippen molar-refractivity contribution >= 4 is 0 Å². The summed E-state index contributed by atoms with van der Waals surface area (Å²) in [7, 11) is 0. The Morgan fingerprint density at radius 2 is 2.45 bits per heavy atom. The summed E-state index contributed by atoms with van der Waals surface area (Å²) in [5.41, 5.74) is -4.88. The van der Waals surface area contributed by atoms with Crippen molar-refractivity contribution in [2.45, 2.75) is 31.0 Å². The zero-order chi connectivity index (χ0) is 16.7. The average molecular weight is 287 g/mol. The summed E-state index contributed by atoms with van der Waals surface area (Å²) < 4.78 is 34.6. The van der Waals surface area contributed by atoms with Gasteiger partial charge in [0.2, 0.25) is 11.9 Å². The van der Waals surface area contributed by atoms with Crippen LogP contribution in [0.3, 0.4) is 0 Å².